The van der Waals surface area contributed by atoms with Crippen LogP contribution in [-0.4, -0.2) is 37.0 Å². The average molecular weight is 425 g/mol. The first-order valence-corrected chi connectivity index (χ1v) is 10.5. The third-order valence-corrected chi connectivity index (χ3v) is 5.43. The predicted molar refractivity (Wildman–Crippen MR) is 120 cm³/mol. The van der Waals surface area contributed by atoms with Crippen molar-refractivity contribution in [3.63, 3.8) is 0 Å². The molecule has 2 rings (SSSR count). The van der Waals surface area contributed by atoms with Crippen LogP contribution in [0.2, 0.25) is 0 Å². The maximum Gasteiger partial charge on any atom is 0.328 e. The molecule has 0 saturated heterocycles. The molecule has 0 fully saturated rings. The predicted octanol–water partition coefficient (Wildman–Crippen LogP) is 3.37. The van der Waals surface area contributed by atoms with Crippen molar-refractivity contribution in [2.75, 3.05) is 7.11 Å². The van der Waals surface area contributed by atoms with Crippen LogP contribution in [-0.2, 0) is 20.7 Å². The highest BCUT2D eigenvalue weighted by molar-refractivity contribution is 5.95. The molecule has 31 heavy (non-hydrogen) atoms. The summed E-state index contributed by atoms with van der Waals surface area (Å²) in [6, 6.07) is 17.0. The quantitative estimate of drug-likeness (QED) is 0.605. The number of esters is 1. The van der Waals surface area contributed by atoms with Crippen LogP contribution in [0.3, 0.4) is 0 Å². The van der Waals surface area contributed by atoms with Gasteiger partial charge in [0.2, 0.25) is 5.91 Å². The summed E-state index contributed by atoms with van der Waals surface area (Å²) in [7, 11) is 1.30. The van der Waals surface area contributed by atoms with E-state index in [1.807, 2.05) is 50.2 Å². The highest BCUT2D eigenvalue weighted by atomic mass is 16.5. The van der Waals surface area contributed by atoms with Gasteiger partial charge < -0.3 is 15.4 Å². The van der Waals surface area contributed by atoms with Crippen molar-refractivity contribution < 1.29 is 19.1 Å². The van der Waals surface area contributed by atoms with Crippen molar-refractivity contribution in [1.29, 1.82) is 0 Å². The van der Waals surface area contributed by atoms with Gasteiger partial charge in [-0.3, -0.25) is 9.59 Å². The molecule has 6 nitrogen and oxygen atoms in total. The van der Waals surface area contributed by atoms with Gasteiger partial charge in [0.05, 0.1) is 12.5 Å². The van der Waals surface area contributed by atoms with E-state index in [0.29, 0.717) is 12.0 Å². The minimum absolute atomic E-state index is 0.0147. The van der Waals surface area contributed by atoms with E-state index >= 15 is 0 Å². The van der Waals surface area contributed by atoms with Crippen molar-refractivity contribution in [2.24, 2.45) is 11.3 Å². The monoisotopic (exact) mass is 424 g/mol. The topological polar surface area (TPSA) is 84.5 Å². The molecule has 0 radical (unpaired) electrons. The molecule has 2 amide bonds. The Bertz CT molecular complexity index is 879. The number of carbonyl (C=O) groups is 3. The fraction of sp³-hybridized carbons (Fsp3) is 0.400. The van der Waals surface area contributed by atoms with Gasteiger partial charge in [-0.1, -0.05) is 62.4 Å². The fourth-order valence-electron chi connectivity index (χ4n) is 3.67. The largest absolute Gasteiger partial charge is 0.467 e. The molecular formula is C25H32N2O4. The van der Waals surface area contributed by atoms with Crippen LogP contribution in [0.25, 0.3) is 0 Å². The van der Waals surface area contributed by atoms with Gasteiger partial charge in [-0.05, 0) is 37.5 Å². The van der Waals surface area contributed by atoms with Crippen molar-refractivity contribution >= 4 is 17.8 Å². The molecule has 0 unspecified atom stereocenters. The lowest BCUT2D eigenvalue weighted by Crippen LogP contribution is -2.57. The molecule has 0 saturated carbocycles. The van der Waals surface area contributed by atoms with E-state index in [-0.39, 0.29) is 17.7 Å². The summed E-state index contributed by atoms with van der Waals surface area (Å²) in [6.07, 6.45) is 0.318. The summed E-state index contributed by atoms with van der Waals surface area (Å²) in [5.74, 6) is -1.10. The number of carbonyl (C=O) groups excluding carboxylic acids is 3. The lowest BCUT2D eigenvalue weighted by molar-refractivity contribution is -0.146. The van der Waals surface area contributed by atoms with Crippen LogP contribution in [0, 0.1) is 11.3 Å². The average Bonchev–Trinajstić information content (AvgIpc) is 2.77. The smallest absolute Gasteiger partial charge is 0.328 e. The van der Waals surface area contributed by atoms with E-state index in [4.69, 9.17) is 4.74 Å². The Morgan fingerprint density at radius 2 is 1.45 bits per heavy atom. The molecule has 0 aliphatic rings. The SMILES string of the molecule is COC(=O)[C@H](Cc1ccccc1)NC(=O)C(C)(C)[C@H](NC(=O)c1ccccc1)C(C)C. The molecule has 0 aromatic heterocycles. The van der Waals surface area contributed by atoms with Crippen LogP contribution >= 0.6 is 0 Å². The number of rotatable bonds is 9. The zero-order valence-electron chi connectivity index (χ0n) is 18.8. The van der Waals surface area contributed by atoms with Gasteiger partial charge in [-0.15, -0.1) is 0 Å². The maximum absolute atomic E-state index is 13.3. The standard InChI is InChI=1S/C25H32N2O4/c1-17(2)21(27-22(28)19-14-10-7-11-15-19)25(3,4)24(30)26-20(23(29)31-5)16-18-12-8-6-9-13-18/h6-15,17,20-21H,16H2,1-5H3,(H,26,30)(H,27,28)/t20-,21+/m0/s1. The first-order valence-electron chi connectivity index (χ1n) is 10.5. The van der Waals surface area contributed by atoms with Gasteiger partial charge in [0.15, 0.2) is 0 Å². The number of methoxy groups -OCH3 is 1. The third-order valence-electron chi connectivity index (χ3n) is 5.43. The van der Waals surface area contributed by atoms with E-state index in [1.165, 1.54) is 7.11 Å². The lowest BCUT2D eigenvalue weighted by atomic mass is 9.77. The van der Waals surface area contributed by atoms with Gasteiger partial charge in [0.25, 0.3) is 5.91 Å². The Balaban J connectivity index is 2.19. The second kappa shape index (κ2) is 10.8. The normalized spacial score (nSPS) is 13.2. The number of hydrogen-bond donors (Lipinski definition) is 2. The number of nitrogens with one attached hydrogen (secondary N) is 2. The summed E-state index contributed by atoms with van der Waals surface area (Å²) in [5.41, 5.74) is 0.469. The van der Waals surface area contributed by atoms with Gasteiger partial charge in [-0.2, -0.15) is 0 Å². The Morgan fingerprint density at radius 3 is 1.97 bits per heavy atom. The number of benzene rings is 2. The van der Waals surface area contributed by atoms with Crippen LogP contribution in [0.4, 0.5) is 0 Å². The second-order valence-electron chi connectivity index (χ2n) is 8.52. The minimum Gasteiger partial charge on any atom is -0.467 e. The van der Waals surface area contributed by atoms with Gasteiger partial charge in [0.1, 0.15) is 6.04 Å². The van der Waals surface area contributed by atoms with Crippen LogP contribution in [0.1, 0.15) is 43.6 Å². The fourth-order valence-corrected chi connectivity index (χ4v) is 3.67. The van der Waals surface area contributed by atoms with Crippen molar-refractivity contribution in [3.05, 3.63) is 71.8 Å². The molecule has 2 aromatic carbocycles. The number of ether oxygens (including phenoxy) is 1. The second-order valence-corrected chi connectivity index (χ2v) is 8.52. The Hall–Kier alpha value is -3.15. The van der Waals surface area contributed by atoms with E-state index in [9.17, 15) is 14.4 Å². The molecular weight excluding hydrogens is 392 g/mol. The van der Waals surface area contributed by atoms with Gasteiger partial charge in [-0.25, -0.2) is 4.79 Å². The number of hydrogen-bond acceptors (Lipinski definition) is 4. The van der Waals surface area contributed by atoms with Gasteiger partial charge in [0, 0.05) is 18.0 Å². The zero-order chi connectivity index (χ0) is 23.0. The number of amides is 2. The summed E-state index contributed by atoms with van der Waals surface area (Å²) >= 11 is 0. The maximum atomic E-state index is 13.3. The molecule has 0 aliphatic heterocycles. The van der Waals surface area contributed by atoms with E-state index in [0.717, 1.165) is 5.56 Å². The molecule has 0 heterocycles. The summed E-state index contributed by atoms with van der Waals surface area (Å²) in [4.78, 5) is 38.3. The molecule has 0 spiro atoms. The highest BCUT2D eigenvalue weighted by Crippen LogP contribution is 2.27. The molecule has 166 valence electrons. The molecule has 0 bridgehead atoms. The van der Waals surface area contributed by atoms with Crippen molar-refractivity contribution in [3.8, 4) is 0 Å². The Morgan fingerprint density at radius 1 is 0.903 bits per heavy atom. The van der Waals surface area contributed by atoms with E-state index < -0.39 is 23.5 Å². The van der Waals surface area contributed by atoms with E-state index in [2.05, 4.69) is 10.6 Å². The Labute approximate surface area is 184 Å². The van der Waals surface area contributed by atoms with Crippen molar-refractivity contribution in [1.82, 2.24) is 10.6 Å². The van der Waals surface area contributed by atoms with Gasteiger partial charge >= 0.3 is 5.97 Å². The van der Waals surface area contributed by atoms with Crippen molar-refractivity contribution in [2.45, 2.75) is 46.2 Å². The molecule has 2 N–H and O–H groups in total. The summed E-state index contributed by atoms with van der Waals surface area (Å²) in [6.45, 7) is 7.45. The first kappa shape index (κ1) is 24.1. The highest BCUT2D eigenvalue weighted by Gasteiger charge is 2.41. The Kier molecular flexibility index (Phi) is 8.37. The third kappa shape index (κ3) is 6.41. The zero-order valence-corrected chi connectivity index (χ0v) is 18.8. The molecule has 0 aliphatic carbocycles. The summed E-state index contributed by atoms with van der Waals surface area (Å²) in [5, 5.41) is 5.84. The van der Waals surface area contributed by atoms with Crippen LogP contribution in [0.15, 0.2) is 60.7 Å². The molecule has 6 heteroatoms. The summed E-state index contributed by atoms with van der Waals surface area (Å²) < 4.78 is 4.91. The van der Waals surface area contributed by atoms with Crippen LogP contribution in [0.5, 0.6) is 0 Å². The molecule has 2 atom stereocenters. The lowest BCUT2D eigenvalue weighted by Gasteiger charge is -2.37. The van der Waals surface area contributed by atoms with E-state index in [1.54, 1.807) is 38.1 Å². The first-order chi connectivity index (χ1) is 14.7. The minimum atomic E-state index is -0.971. The molecule has 2 aromatic rings. The van der Waals surface area contributed by atoms with Crippen LogP contribution < -0.4 is 10.6 Å².